The van der Waals surface area contributed by atoms with Crippen molar-refractivity contribution in [3.05, 3.63) is 40.6 Å². The second-order valence-corrected chi connectivity index (χ2v) is 3.46. The zero-order chi connectivity index (χ0) is 10.1. The molecule has 0 radical (unpaired) electrons. The summed E-state index contributed by atoms with van der Waals surface area (Å²) in [6.45, 7) is 0. The molecule has 3 nitrogen and oxygen atoms in total. The third kappa shape index (κ3) is 1.48. The van der Waals surface area contributed by atoms with Gasteiger partial charge >= 0.3 is 0 Å². The number of nitrogens with two attached hydrogens (primary N) is 1. The average molecular weight is 188 g/mol. The molecule has 2 rings (SSSR count). The molecule has 4 N–H and O–H groups in total. The van der Waals surface area contributed by atoms with Crippen molar-refractivity contribution in [3.8, 4) is 0 Å². The van der Waals surface area contributed by atoms with Crippen molar-refractivity contribution < 1.29 is 5.11 Å². The lowest BCUT2D eigenvalue weighted by Crippen LogP contribution is -2.12. The first kappa shape index (κ1) is 8.81. The maximum Gasteiger partial charge on any atom is 0.122 e. The van der Waals surface area contributed by atoms with Crippen LogP contribution >= 0.6 is 0 Å². The fourth-order valence-corrected chi connectivity index (χ4v) is 1.65. The monoisotopic (exact) mass is 188 g/mol. The van der Waals surface area contributed by atoms with Gasteiger partial charge in [-0.25, -0.2) is 0 Å². The number of aliphatic hydroxyl groups is 1. The van der Waals surface area contributed by atoms with E-state index in [1.54, 1.807) is 12.1 Å². The number of fused-ring (bicyclic) bond motifs is 1. The Balaban J connectivity index is 2.47. The minimum absolute atomic E-state index is 0.0894. The van der Waals surface area contributed by atoms with Crippen LogP contribution in [-0.2, 0) is 6.42 Å². The molecule has 0 unspecified atom stereocenters. The molecule has 0 saturated heterocycles. The molecule has 72 valence electrons. The summed E-state index contributed by atoms with van der Waals surface area (Å²) in [6, 6.07) is 5.61. The third-order valence-electron chi connectivity index (χ3n) is 2.43. The van der Waals surface area contributed by atoms with E-state index in [4.69, 9.17) is 11.1 Å². The Morgan fingerprint density at radius 1 is 1.36 bits per heavy atom. The smallest absolute Gasteiger partial charge is 0.122 e. The van der Waals surface area contributed by atoms with Crippen molar-refractivity contribution in [3.63, 3.8) is 0 Å². The van der Waals surface area contributed by atoms with E-state index in [1.807, 2.05) is 12.1 Å². The molecule has 0 spiro atoms. The Bertz CT molecular complexity index is 421. The quantitative estimate of drug-likeness (QED) is 0.464. The van der Waals surface area contributed by atoms with Crippen molar-refractivity contribution in [1.29, 1.82) is 5.41 Å². The van der Waals surface area contributed by atoms with Gasteiger partial charge in [0.25, 0.3) is 0 Å². The molecule has 0 aromatic heterocycles. The fourth-order valence-electron chi connectivity index (χ4n) is 1.65. The third-order valence-corrected chi connectivity index (χ3v) is 2.43. The van der Waals surface area contributed by atoms with Gasteiger partial charge in [-0.15, -0.1) is 0 Å². The van der Waals surface area contributed by atoms with Crippen LogP contribution in [0.15, 0.2) is 24.0 Å². The molecule has 0 amide bonds. The van der Waals surface area contributed by atoms with Gasteiger partial charge in [-0.3, -0.25) is 5.41 Å². The summed E-state index contributed by atoms with van der Waals surface area (Å²) in [4.78, 5) is 0. The van der Waals surface area contributed by atoms with Gasteiger partial charge in [0.1, 0.15) is 5.84 Å². The van der Waals surface area contributed by atoms with Gasteiger partial charge in [-0.1, -0.05) is 12.1 Å². The van der Waals surface area contributed by atoms with Crippen LogP contribution in [0.5, 0.6) is 0 Å². The molecule has 0 bridgehead atoms. The van der Waals surface area contributed by atoms with E-state index in [2.05, 4.69) is 0 Å². The fraction of sp³-hybridized carbons (Fsp3) is 0.182. The Hall–Kier alpha value is -1.77. The van der Waals surface area contributed by atoms with E-state index >= 15 is 0 Å². The van der Waals surface area contributed by atoms with Gasteiger partial charge in [-0.05, 0) is 29.7 Å². The Labute approximate surface area is 82.4 Å². The van der Waals surface area contributed by atoms with Crippen LogP contribution < -0.4 is 5.73 Å². The number of nitrogen functional groups attached to an aromatic ring is 1. The van der Waals surface area contributed by atoms with Crippen molar-refractivity contribution in [2.75, 3.05) is 0 Å². The van der Waals surface area contributed by atoms with Gasteiger partial charge in [0.15, 0.2) is 0 Å². The second-order valence-electron chi connectivity index (χ2n) is 3.46. The van der Waals surface area contributed by atoms with Crippen LogP contribution in [-0.4, -0.2) is 10.9 Å². The minimum atomic E-state index is 0.0894. The van der Waals surface area contributed by atoms with E-state index in [0.717, 1.165) is 23.1 Å². The molecule has 1 aromatic rings. The molecular formula is C11H12N2O. The predicted octanol–water partition coefficient (Wildman–Crippen LogP) is 1.82. The van der Waals surface area contributed by atoms with Gasteiger partial charge in [0.05, 0.1) is 5.76 Å². The van der Waals surface area contributed by atoms with Crippen molar-refractivity contribution in [2.24, 2.45) is 5.73 Å². The minimum Gasteiger partial charge on any atom is -0.512 e. The molecule has 0 heterocycles. The Morgan fingerprint density at radius 2 is 2.14 bits per heavy atom. The standard InChI is InChI=1S/C11H12N2O/c12-11(13)9-2-1-8-6-10(14)4-3-7(8)5-9/h1-2,5-6,14H,3-4H2,(H3,12,13). The summed E-state index contributed by atoms with van der Waals surface area (Å²) < 4.78 is 0. The van der Waals surface area contributed by atoms with Crippen LogP contribution in [0.4, 0.5) is 0 Å². The summed E-state index contributed by atoms with van der Waals surface area (Å²) in [5.74, 6) is 0.514. The van der Waals surface area contributed by atoms with Crippen LogP contribution in [0.1, 0.15) is 23.1 Å². The highest BCUT2D eigenvalue weighted by Gasteiger charge is 2.10. The average Bonchev–Trinajstić information content (AvgIpc) is 2.16. The number of rotatable bonds is 1. The van der Waals surface area contributed by atoms with Crippen LogP contribution in [0, 0.1) is 5.41 Å². The maximum atomic E-state index is 9.33. The first-order valence-corrected chi connectivity index (χ1v) is 4.53. The normalized spacial score (nSPS) is 14.4. The first-order valence-electron chi connectivity index (χ1n) is 4.53. The van der Waals surface area contributed by atoms with Crippen molar-refractivity contribution >= 4 is 11.9 Å². The number of aryl methyl sites for hydroxylation is 1. The zero-order valence-corrected chi connectivity index (χ0v) is 7.75. The maximum absolute atomic E-state index is 9.33. The number of amidine groups is 1. The molecule has 1 aromatic carbocycles. The van der Waals surface area contributed by atoms with Crippen LogP contribution in [0.25, 0.3) is 6.08 Å². The van der Waals surface area contributed by atoms with Crippen LogP contribution in [0.2, 0.25) is 0 Å². The summed E-state index contributed by atoms with van der Waals surface area (Å²) in [5.41, 5.74) is 8.32. The molecular weight excluding hydrogens is 176 g/mol. The van der Waals surface area contributed by atoms with E-state index in [-0.39, 0.29) is 5.84 Å². The lowest BCUT2D eigenvalue weighted by atomic mass is 9.94. The number of benzene rings is 1. The predicted molar refractivity (Wildman–Crippen MR) is 56.4 cm³/mol. The van der Waals surface area contributed by atoms with E-state index < -0.39 is 0 Å². The summed E-state index contributed by atoms with van der Waals surface area (Å²) in [5, 5.41) is 16.6. The van der Waals surface area contributed by atoms with E-state index in [1.165, 1.54) is 0 Å². The molecule has 1 aliphatic rings. The van der Waals surface area contributed by atoms with Gasteiger partial charge in [0.2, 0.25) is 0 Å². The highest BCUT2D eigenvalue weighted by Crippen LogP contribution is 2.23. The first-order chi connectivity index (χ1) is 6.66. The number of allylic oxidation sites excluding steroid dienone is 1. The van der Waals surface area contributed by atoms with E-state index in [0.29, 0.717) is 12.2 Å². The second kappa shape index (κ2) is 3.18. The summed E-state index contributed by atoms with van der Waals surface area (Å²) in [6.07, 6.45) is 3.26. The molecule has 3 heteroatoms. The SMILES string of the molecule is N=C(N)c1ccc2c(c1)CCC(O)=C2. The van der Waals surface area contributed by atoms with Crippen LogP contribution in [0.3, 0.4) is 0 Å². The van der Waals surface area contributed by atoms with Crippen molar-refractivity contribution in [2.45, 2.75) is 12.8 Å². The zero-order valence-electron chi connectivity index (χ0n) is 7.75. The van der Waals surface area contributed by atoms with Gasteiger partial charge in [0, 0.05) is 12.0 Å². The number of hydrogen-bond acceptors (Lipinski definition) is 2. The molecule has 1 aliphatic carbocycles. The van der Waals surface area contributed by atoms with Gasteiger partial charge in [-0.2, -0.15) is 0 Å². The highest BCUT2D eigenvalue weighted by atomic mass is 16.3. The molecule has 14 heavy (non-hydrogen) atoms. The number of aliphatic hydroxyl groups excluding tert-OH is 1. The molecule has 0 fully saturated rings. The molecule has 0 atom stereocenters. The number of hydrogen-bond donors (Lipinski definition) is 3. The van der Waals surface area contributed by atoms with Crippen molar-refractivity contribution in [1.82, 2.24) is 0 Å². The Kier molecular flexibility index (Phi) is 2.00. The lowest BCUT2D eigenvalue weighted by molar-refractivity contribution is 0.391. The Morgan fingerprint density at radius 3 is 2.86 bits per heavy atom. The summed E-state index contributed by atoms with van der Waals surface area (Å²) >= 11 is 0. The van der Waals surface area contributed by atoms with E-state index in [9.17, 15) is 5.11 Å². The molecule has 0 saturated carbocycles. The largest absolute Gasteiger partial charge is 0.512 e. The van der Waals surface area contributed by atoms with Gasteiger partial charge < -0.3 is 10.8 Å². The highest BCUT2D eigenvalue weighted by molar-refractivity contribution is 5.95. The summed E-state index contributed by atoms with van der Waals surface area (Å²) in [7, 11) is 0. The topological polar surface area (TPSA) is 70.1 Å². The molecule has 0 aliphatic heterocycles. The lowest BCUT2D eigenvalue weighted by Gasteiger charge is -2.13. The number of nitrogens with one attached hydrogen (secondary N) is 1.